The summed E-state index contributed by atoms with van der Waals surface area (Å²) in [6.45, 7) is 0. The van der Waals surface area contributed by atoms with Crippen LogP contribution in [0.25, 0.3) is 0 Å². The molecule has 1 saturated carbocycles. The minimum atomic E-state index is 0.133. The fraction of sp³-hybridized carbons (Fsp3) is 0.389. The third kappa shape index (κ3) is 3.87. The molecule has 3 heteroatoms. The number of hydrogen-bond acceptors (Lipinski definition) is 2. The van der Waals surface area contributed by atoms with Crippen LogP contribution in [-0.2, 0) is 0 Å². The van der Waals surface area contributed by atoms with E-state index in [4.69, 9.17) is 4.42 Å². The van der Waals surface area contributed by atoms with E-state index in [9.17, 15) is 4.79 Å². The molecule has 0 N–H and O–H groups in total. The molecule has 1 aromatic heterocycles. The molecule has 1 atom stereocenters. The van der Waals surface area contributed by atoms with Crippen LogP contribution >= 0.6 is 0 Å². The third-order valence-corrected chi connectivity index (χ3v) is 7.40. The topological polar surface area (TPSA) is 30.2 Å². The molecule has 1 aliphatic rings. The van der Waals surface area contributed by atoms with Gasteiger partial charge in [0.05, 0.1) is 0 Å². The second-order valence-corrected chi connectivity index (χ2v) is 8.71. The standard InChI is InChI=1S/C18H20O2Se/c19-16(17-11-6-12-20-17)13-18(14-7-2-1-3-8-14)21-15-9-4-5-10-15/h1-3,6-8,11-12,15,18H,4-5,9-10,13H2. The molecule has 0 aliphatic heterocycles. The van der Waals surface area contributed by atoms with Gasteiger partial charge >= 0.3 is 132 Å². The van der Waals surface area contributed by atoms with E-state index in [2.05, 4.69) is 24.3 Å². The van der Waals surface area contributed by atoms with E-state index in [1.807, 2.05) is 6.07 Å². The molecule has 0 spiro atoms. The first-order valence-corrected chi connectivity index (χ1v) is 9.58. The monoisotopic (exact) mass is 348 g/mol. The summed E-state index contributed by atoms with van der Waals surface area (Å²) in [5.41, 5.74) is 1.31. The van der Waals surface area contributed by atoms with Gasteiger partial charge in [-0.2, -0.15) is 0 Å². The predicted octanol–water partition coefficient (Wildman–Crippen LogP) is 4.66. The van der Waals surface area contributed by atoms with E-state index in [0.717, 1.165) is 4.82 Å². The van der Waals surface area contributed by atoms with Crippen molar-refractivity contribution >= 4 is 20.7 Å². The van der Waals surface area contributed by atoms with Crippen molar-refractivity contribution in [3.63, 3.8) is 0 Å². The Kier molecular flexibility index (Phi) is 4.95. The van der Waals surface area contributed by atoms with Gasteiger partial charge in [0.25, 0.3) is 0 Å². The van der Waals surface area contributed by atoms with Crippen LogP contribution in [0.15, 0.2) is 53.1 Å². The molecule has 3 rings (SSSR count). The summed E-state index contributed by atoms with van der Waals surface area (Å²) in [6.07, 6.45) is 7.57. The van der Waals surface area contributed by atoms with Crippen LogP contribution in [0.3, 0.4) is 0 Å². The summed E-state index contributed by atoms with van der Waals surface area (Å²) in [6, 6.07) is 14.1. The van der Waals surface area contributed by atoms with Crippen molar-refractivity contribution in [1.29, 1.82) is 0 Å². The Balaban J connectivity index is 1.73. The van der Waals surface area contributed by atoms with Crippen LogP contribution in [0.2, 0.25) is 4.82 Å². The second-order valence-electron chi connectivity index (χ2n) is 5.55. The number of furan rings is 1. The van der Waals surface area contributed by atoms with E-state index >= 15 is 0 Å². The number of hydrogen-bond donors (Lipinski definition) is 0. The molecule has 1 unspecified atom stereocenters. The van der Waals surface area contributed by atoms with Crippen molar-refractivity contribution in [2.45, 2.75) is 41.7 Å². The zero-order valence-electron chi connectivity index (χ0n) is 12.0. The molecule has 21 heavy (non-hydrogen) atoms. The van der Waals surface area contributed by atoms with E-state index < -0.39 is 0 Å². The fourth-order valence-corrected chi connectivity index (χ4v) is 6.30. The Morgan fingerprint density at radius 3 is 2.57 bits per heavy atom. The fourth-order valence-electron chi connectivity index (χ4n) is 2.88. The SMILES string of the molecule is O=C(CC([Se]C1CCCC1)c1ccccc1)c1ccco1. The minimum absolute atomic E-state index is 0.133. The molecule has 1 heterocycles. The van der Waals surface area contributed by atoms with Gasteiger partial charge in [-0.1, -0.05) is 0 Å². The molecule has 0 bridgehead atoms. The van der Waals surface area contributed by atoms with Gasteiger partial charge in [0, 0.05) is 0 Å². The van der Waals surface area contributed by atoms with Crippen LogP contribution in [0, 0.1) is 0 Å². The molecular formula is C18H20O2Se. The maximum atomic E-state index is 12.4. The summed E-state index contributed by atoms with van der Waals surface area (Å²) in [4.78, 5) is 13.6. The Labute approximate surface area is 132 Å². The van der Waals surface area contributed by atoms with Crippen molar-refractivity contribution in [3.8, 4) is 0 Å². The molecule has 1 fully saturated rings. The van der Waals surface area contributed by atoms with Crippen molar-refractivity contribution in [2.75, 3.05) is 0 Å². The second kappa shape index (κ2) is 7.11. The molecule has 2 aromatic rings. The molecule has 0 radical (unpaired) electrons. The number of carbonyl (C=O) groups is 1. The van der Waals surface area contributed by atoms with Gasteiger partial charge in [-0.05, 0) is 0 Å². The van der Waals surface area contributed by atoms with Crippen LogP contribution in [-0.4, -0.2) is 20.7 Å². The molecule has 1 aliphatic carbocycles. The van der Waals surface area contributed by atoms with E-state index in [1.54, 1.807) is 18.4 Å². The van der Waals surface area contributed by atoms with Crippen LogP contribution in [0.1, 0.15) is 53.0 Å². The first-order chi connectivity index (χ1) is 10.3. The summed E-state index contributed by atoms with van der Waals surface area (Å²) < 4.78 is 5.26. The molecule has 2 nitrogen and oxygen atoms in total. The summed E-state index contributed by atoms with van der Waals surface area (Å²) >= 11 is 0.486. The Morgan fingerprint density at radius 2 is 1.90 bits per heavy atom. The third-order valence-electron chi connectivity index (χ3n) is 4.00. The van der Waals surface area contributed by atoms with Crippen molar-refractivity contribution < 1.29 is 9.21 Å². The zero-order chi connectivity index (χ0) is 14.5. The maximum absolute atomic E-state index is 12.4. The molecule has 0 saturated heterocycles. The molecule has 1 aromatic carbocycles. The Hall–Kier alpha value is -1.31. The van der Waals surface area contributed by atoms with Gasteiger partial charge < -0.3 is 0 Å². The Bertz CT molecular complexity index is 556. The van der Waals surface area contributed by atoms with Crippen LogP contribution < -0.4 is 0 Å². The Morgan fingerprint density at radius 1 is 1.14 bits per heavy atom. The average Bonchev–Trinajstić information content (AvgIpc) is 3.21. The van der Waals surface area contributed by atoms with Crippen molar-refractivity contribution in [1.82, 2.24) is 0 Å². The average molecular weight is 347 g/mol. The quantitative estimate of drug-likeness (QED) is 0.562. The van der Waals surface area contributed by atoms with Gasteiger partial charge in [-0.15, -0.1) is 0 Å². The molecule has 110 valence electrons. The number of benzene rings is 1. The first-order valence-electron chi connectivity index (χ1n) is 7.60. The van der Waals surface area contributed by atoms with Gasteiger partial charge in [0.15, 0.2) is 0 Å². The van der Waals surface area contributed by atoms with E-state index in [-0.39, 0.29) is 5.78 Å². The summed E-state index contributed by atoms with van der Waals surface area (Å²) in [7, 11) is 0. The molecule has 0 amide bonds. The zero-order valence-corrected chi connectivity index (χ0v) is 13.7. The van der Waals surface area contributed by atoms with Gasteiger partial charge in [0.2, 0.25) is 0 Å². The van der Waals surface area contributed by atoms with Crippen molar-refractivity contribution in [3.05, 3.63) is 60.1 Å². The van der Waals surface area contributed by atoms with Crippen LogP contribution in [0.5, 0.6) is 0 Å². The van der Waals surface area contributed by atoms with Gasteiger partial charge in [-0.3, -0.25) is 0 Å². The number of rotatable bonds is 6. The normalized spacial score (nSPS) is 17.0. The molecular weight excluding hydrogens is 327 g/mol. The number of Topliss-reactive ketones (excluding diaryl/α,β-unsaturated/α-hetero) is 1. The predicted molar refractivity (Wildman–Crippen MR) is 84.8 cm³/mol. The van der Waals surface area contributed by atoms with Crippen molar-refractivity contribution in [2.24, 2.45) is 0 Å². The van der Waals surface area contributed by atoms with Crippen LogP contribution in [0.4, 0.5) is 0 Å². The summed E-state index contributed by atoms with van der Waals surface area (Å²) in [5, 5.41) is 0. The van der Waals surface area contributed by atoms with E-state index in [0.29, 0.717) is 32.0 Å². The number of ketones is 1. The first kappa shape index (κ1) is 14.6. The van der Waals surface area contributed by atoms with E-state index in [1.165, 1.54) is 31.2 Å². The van der Waals surface area contributed by atoms with Gasteiger partial charge in [-0.25, -0.2) is 0 Å². The van der Waals surface area contributed by atoms with Gasteiger partial charge in [0.1, 0.15) is 0 Å². The summed E-state index contributed by atoms with van der Waals surface area (Å²) in [5.74, 6) is 0.631. The number of carbonyl (C=O) groups excluding carboxylic acids is 1.